The highest BCUT2D eigenvalue weighted by atomic mass is 35.5. The summed E-state index contributed by atoms with van der Waals surface area (Å²) in [5.41, 5.74) is 1.42. The van der Waals surface area contributed by atoms with Crippen molar-refractivity contribution >= 4 is 51.7 Å². The van der Waals surface area contributed by atoms with Crippen molar-refractivity contribution in [2.75, 3.05) is 23.3 Å². The summed E-state index contributed by atoms with van der Waals surface area (Å²) in [5, 5.41) is 13.6. The molecule has 34 heavy (non-hydrogen) atoms. The minimum Gasteiger partial charge on any atom is -0.476 e. The standard InChI is InChI=1S/C24H27Cl2N5O3/c1-13(27-17-5-6-18(26)28-20(17)22(33)34)15-11-14(25)12-16-19(15)29-23(30(4)21(16)32)31-9-7-24(2,3)8-10-31/h5-6,11-13,27H,7-10H2,1-4H3,(H,33,34)/t13-/m1/s1. The molecule has 2 aromatic heterocycles. The van der Waals surface area contributed by atoms with Gasteiger partial charge in [0, 0.05) is 30.7 Å². The van der Waals surface area contributed by atoms with E-state index in [1.165, 1.54) is 6.07 Å². The molecule has 0 aliphatic carbocycles. The second-order valence-electron chi connectivity index (χ2n) is 9.52. The van der Waals surface area contributed by atoms with Crippen molar-refractivity contribution in [2.24, 2.45) is 12.5 Å². The number of fused-ring (bicyclic) bond motifs is 1. The third-order valence-corrected chi connectivity index (χ3v) is 6.88. The van der Waals surface area contributed by atoms with Crippen LogP contribution in [0.5, 0.6) is 0 Å². The number of aromatic nitrogens is 3. The molecule has 0 amide bonds. The van der Waals surface area contributed by atoms with Gasteiger partial charge in [-0.1, -0.05) is 37.0 Å². The van der Waals surface area contributed by atoms with Crippen molar-refractivity contribution in [3.05, 3.63) is 56.1 Å². The predicted molar refractivity (Wildman–Crippen MR) is 135 cm³/mol. The van der Waals surface area contributed by atoms with E-state index in [4.69, 9.17) is 28.2 Å². The fourth-order valence-corrected chi connectivity index (χ4v) is 4.68. The highest BCUT2D eigenvalue weighted by Crippen LogP contribution is 2.33. The van der Waals surface area contributed by atoms with E-state index in [1.54, 1.807) is 29.8 Å². The molecule has 0 saturated carbocycles. The van der Waals surface area contributed by atoms with E-state index in [0.717, 1.165) is 25.9 Å². The molecule has 180 valence electrons. The predicted octanol–water partition coefficient (Wildman–Crippen LogP) is 5.13. The maximum Gasteiger partial charge on any atom is 0.356 e. The van der Waals surface area contributed by atoms with Crippen LogP contribution in [0.25, 0.3) is 10.9 Å². The molecule has 3 heterocycles. The van der Waals surface area contributed by atoms with Gasteiger partial charge in [0.2, 0.25) is 5.95 Å². The van der Waals surface area contributed by atoms with Gasteiger partial charge in [0.25, 0.3) is 5.56 Å². The molecular weight excluding hydrogens is 477 g/mol. The number of piperidine rings is 1. The van der Waals surface area contributed by atoms with E-state index in [9.17, 15) is 14.7 Å². The number of hydrogen-bond donors (Lipinski definition) is 2. The molecule has 8 nitrogen and oxygen atoms in total. The van der Waals surface area contributed by atoms with Crippen LogP contribution < -0.4 is 15.8 Å². The topological polar surface area (TPSA) is 100 Å². The number of carbonyl (C=O) groups is 1. The van der Waals surface area contributed by atoms with Gasteiger partial charge in [-0.3, -0.25) is 9.36 Å². The van der Waals surface area contributed by atoms with Crippen LogP contribution in [0.1, 0.15) is 55.7 Å². The SMILES string of the molecule is C[C@@H](Nc1ccc(Cl)nc1C(=O)O)c1cc(Cl)cc2c(=O)n(C)c(N3CCC(C)(C)CC3)nc12. The molecule has 1 aliphatic rings. The van der Waals surface area contributed by atoms with E-state index in [2.05, 4.69) is 29.0 Å². The number of rotatable bonds is 5. The Labute approximate surface area is 207 Å². The molecule has 1 saturated heterocycles. The first-order chi connectivity index (χ1) is 16.0. The number of anilines is 2. The first kappa shape index (κ1) is 24.3. The van der Waals surface area contributed by atoms with E-state index in [1.807, 2.05) is 6.92 Å². The minimum absolute atomic E-state index is 0.0864. The summed E-state index contributed by atoms with van der Waals surface area (Å²) in [6.07, 6.45) is 2.02. The number of hydrogen-bond acceptors (Lipinski definition) is 6. The Balaban J connectivity index is 1.79. The summed E-state index contributed by atoms with van der Waals surface area (Å²) in [4.78, 5) is 35.9. The van der Waals surface area contributed by atoms with Crippen LogP contribution in [0.2, 0.25) is 10.2 Å². The molecule has 0 radical (unpaired) electrons. The number of carboxylic acids is 1. The Hall–Kier alpha value is -2.84. The number of halogens is 2. The molecule has 4 rings (SSSR count). The molecule has 0 spiro atoms. The normalized spacial score (nSPS) is 16.5. The van der Waals surface area contributed by atoms with Gasteiger partial charge in [-0.05, 0) is 49.4 Å². The Morgan fingerprint density at radius 3 is 2.50 bits per heavy atom. The number of nitrogens with zero attached hydrogens (tertiary/aromatic N) is 4. The molecule has 1 aliphatic heterocycles. The largest absolute Gasteiger partial charge is 0.476 e. The third kappa shape index (κ3) is 4.70. The second-order valence-corrected chi connectivity index (χ2v) is 10.3. The van der Waals surface area contributed by atoms with Crippen molar-refractivity contribution in [3.8, 4) is 0 Å². The summed E-state index contributed by atoms with van der Waals surface area (Å²) in [7, 11) is 1.73. The molecule has 1 fully saturated rings. The van der Waals surface area contributed by atoms with E-state index >= 15 is 0 Å². The van der Waals surface area contributed by atoms with Gasteiger partial charge in [-0.15, -0.1) is 0 Å². The quantitative estimate of drug-likeness (QED) is 0.465. The number of aromatic carboxylic acids is 1. The lowest BCUT2D eigenvalue weighted by molar-refractivity contribution is 0.0691. The summed E-state index contributed by atoms with van der Waals surface area (Å²) in [6.45, 7) is 7.98. The molecule has 2 N–H and O–H groups in total. The minimum atomic E-state index is -1.20. The Bertz CT molecular complexity index is 1330. The second kappa shape index (κ2) is 9.07. The molecule has 3 aromatic rings. The van der Waals surface area contributed by atoms with Crippen LogP contribution in [-0.4, -0.2) is 38.7 Å². The Kier molecular flexibility index (Phi) is 6.48. The zero-order chi connectivity index (χ0) is 24.8. The van der Waals surface area contributed by atoms with Crippen LogP contribution in [-0.2, 0) is 7.05 Å². The molecule has 1 atom stereocenters. The fourth-order valence-electron chi connectivity index (χ4n) is 4.31. The van der Waals surface area contributed by atoms with Gasteiger partial charge in [0.1, 0.15) is 5.15 Å². The van der Waals surface area contributed by atoms with Crippen molar-refractivity contribution in [1.29, 1.82) is 0 Å². The highest BCUT2D eigenvalue weighted by molar-refractivity contribution is 6.31. The fraction of sp³-hybridized carbons (Fsp3) is 0.417. The average Bonchev–Trinajstić information content (AvgIpc) is 2.77. The Morgan fingerprint density at radius 2 is 1.85 bits per heavy atom. The average molecular weight is 504 g/mol. The van der Waals surface area contributed by atoms with Crippen molar-refractivity contribution in [3.63, 3.8) is 0 Å². The van der Waals surface area contributed by atoms with E-state index in [-0.39, 0.29) is 21.8 Å². The van der Waals surface area contributed by atoms with Gasteiger partial charge in [-0.2, -0.15) is 0 Å². The van der Waals surface area contributed by atoms with Gasteiger partial charge in [0.15, 0.2) is 5.69 Å². The number of pyridine rings is 1. The van der Waals surface area contributed by atoms with Gasteiger partial charge in [0.05, 0.1) is 22.6 Å². The zero-order valence-corrected chi connectivity index (χ0v) is 21.0. The van der Waals surface area contributed by atoms with E-state index in [0.29, 0.717) is 33.1 Å². The smallest absolute Gasteiger partial charge is 0.356 e. The molecule has 0 bridgehead atoms. The lowest BCUT2D eigenvalue weighted by Crippen LogP contribution is -2.40. The number of carboxylic acid groups (broad SMARTS) is 1. The van der Waals surface area contributed by atoms with Gasteiger partial charge in [-0.25, -0.2) is 14.8 Å². The first-order valence-corrected chi connectivity index (χ1v) is 11.8. The van der Waals surface area contributed by atoms with Crippen molar-refractivity contribution in [2.45, 2.75) is 39.7 Å². The maximum atomic E-state index is 13.3. The van der Waals surface area contributed by atoms with Crippen LogP contribution in [0.15, 0.2) is 29.1 Å². The van der Waals surface area contributed by atoms with Crippen molar-refractivity contribution < 1.29 is 9.90 Å². The highest BCUT2D eigenvalue weighted by Gasteiger charge is 2.28. The summed E-state index contributed by atoms with van der Waals surface area (Å²) in [5.74, 6) is -0.585. The number of nitrogens with one attached hydrogen (secondary N) is 1. The Morgan fingerprint density at radius 1 is 1.18 bits per heavy atom. The summed E-state index contributed by atoms with van der Waals surface area (Å²) in [6, 6.07) is 6.03. The van der Waals surface area contributed by atoms with Gasteiger partial charge >= 0.3 is 5.97 Å². The lowest BCUT2D eigenvalue weighted by atomic mass is 9.83. The molecule has 0 unspecified atom stereocenters. The molecule has 1 aromatic carbocycles. The zero-order valence-electron chi connectivity index (χ0n) is 19.5. The van der Waals surface area contributed by atoms with Crippen LogP contribution in [0.3, 0.4) is 0 Å². The van der Waals surface area contributed by atoms with Gasteiger partial charge < -0.3 is 15.3 Å². The lowest BCUT2D eigenvalue weighted by Gasteiger charge is -2.38. The van der Waals surface area contributed by atoms with Crippen LogP contribution >= 0.6 is 23.2 Å². The van der Waals surface area contributed by atoms with Crippen LogP contribution in [0, 0.1) is 5.41 Å². The number of benzene rings is 1. The maximum absolute atomic E-state index is 13.3. The monoisotopic (exact) mass is 503 g/mol. The first-order valence-electron chi connectivity index (χ1n) is 11.1. The molecule has 10 heteroatoms. The van der Waals surface area contributed by atoms with Crippen LogP contribution in [0.4, 0.5) is 11.6 Å². The third-order valence-electron chi connectivity index (χ3n) is 6.45. The summed E-state index contributed by atoms with van der Waals surface area (Å²) >= 11 is 12.3. The molecular formula is C24H27Cl2N5O3. The van der Waals surface area contributed by atoms with Crippen molar-refractivity contribution in [1.82, 2.24) is 14.5 Å². The van der Waals surface area contributed by atoms with E-state index < -0.39 is 12.0 Å². The summed E-state index contributed by atoms with van der Waals surface area (Å²) < 4.78 is 1.57.